The van der Waals surface area contributed by atoms with Crippen molar-refractivity contribution in [2.75, 3.05) is 13.1 Å². The van der Waals surface area contributed by atoms with Gasteiger partial charge in [0.15, 0.2) is 0 Å². The van der Waals surface area contributed by atoms with Gasteiger partial charge in [-0.05, 0) is 31.9 Å². The van der Waals surface area contributed by atoms with Crippen molar-refractivity contribution in [1.82, 2.24) is 14.5 Å². The fourth-order valence-corrected chi connectivity index (χ4v) is 4.31. The van der Waals surface area contributed by atoms with Crippen LogP contribution in [0.3, 0.4) is 0 Å². The molecule has 4 nitrogen and oxygen atoms in total. The third kappa shape index (κ3) is 3.73. The predicted molar refractivity (Wildman–Crippen MR) is 105 cm³/mol. The van der Waals surface area contributed by atoms with Crippen LogP contribution in [0.1, 0.15) is 30.1 Å². The Morgan fingerprint density at radius 1 is 1.15 bits per heavy atom. The maximum Gasteiger partial charge on any atom is 0.228 e. The van der Waals surface area contributed by atoms with E-state index >= 15 is 0 Å². The van der Waals surface area contributed by atoms with E-state index in [1.807, 2.05) is 10.3 Å². The Labute approximate surface area is 158 Å². The Kier molecular flexibility index (Phi) is 4.89. The highest BCUT2D eigenvalue weighted by molar-refractivity contribution is 7.13. The maximum atomic E-state index is 12.6. The molecule has 26 heavy (non-hydrogen) atoms. The van der Waals surface area contributed by atoms with Crippen molar-refractivity contribution in [3.8, 4) is 10.6 Å². The molecule has 134 valence electrons. The Morgan fingerprint density at radius 3 is 2.54 bits per heavy atom. The summed E-state index contributed by atoms with van der Waals surface area (Å²) in [6, 6.07) is 13.0. The number of aryl methyl sites for hydroxylation is 1. The average Bonchev–Trinajstić information content (AvgIpc) is 3.35. The quantitative estimate of drug-likeness (QED) is 0.690. The van der Waals surface area contributed by atoms with Crippen molar-refractivity contribution in [3.05, 3.63) is 65.4 Å². The summed E-state index contributed by atoms with van der Waals surface area (Å²) in [5.41, 5.74) is 3.24. The molecule has 0 saturated carbocycles. The molecule has 0 atom stereocenters. The van der Waals surface area contributed by atoms with Gasteiger partial charge in [-0.25, -0.2) is 4.98 Å². The summed E-state index contributed by atoms with van der Waals surface area (Å²) < 4.78 is 2.26. The van der Waals surface area contributed by atoms with E-state index in [4.69, 9.17) is 0 Å². The zero-order valence-corrected chi connectivity index (χ0v) is 15.8. The molecule has 1 aromatic carbocycles. The second-order valence-corrected chi connectivity index (χ2v) is 7.79. The molecule has 0 radical (unpaired) electrons. The van der Waals surface area contributed by atoms with E-state index in [2.05, 4.69) is 65.3 Å². The number of piperidine rings is 1. The molecule has 1 amide bonds. The number of carbonyl (C=O) groups is 1. The molecule has 1 saturated heterocycles. The first kappa shape index (κ1) is 17.0. The number of aromatic nitrogens is 2. The summed E-state index contributed by atoms with van der Waals surface area (Å²) in [7, 11) is 0. The normalized spacial score (nSPS) is 15.3. The van der Waals surface area contributed by atoms with Crippen LogP contribution in [0.5, 0.6) is 0 Å². The lowest BCUT2D eigenvalue weighted by molar-refractivity contribution is -0.131. The molecule has 0 spiro atoms. The zero-order chi connectivity index (χ0) is 17.9. The van der Waals surface area contributed by atoms with Crippen molar-refractivity contribution in [2.45, 2.75) is 32.2 Å². The molecular weight excluding hydrogens is 342 g/mol. The summed E-state index contributed by atoms with van der Waals surface area (Å²) in [6.07, 6.45) is 6.67. The van der Waals surface area contributed by atoms with Gasteiger partial charge < -0.3 is 9.47 Å². The molecule has 3 aromatic rings. The van der Waals surface area contributed by atoms with Crippen LogP contribution >= 0.6 is 11.3 Å². The van der Waals surface area contributed by atoms with E-state index in [1.54, 1.807) is 11.3 Å². The first-order valence-corrected chi connectivity index (χ1v) is 9.99. The molecule has 4 rings (SSSR count). The minimum Gasteiger partial charge on any atom is -0.351 e. The van der Waals surface area contributed by atoms with Gasteiger partial charge in [-0.1, -0.05) is 29.8 Å². The number of hydrogen-bond donors (Lipinski definition) is 0. The van der Waals surface area contributed by atoms with Crippen LogP contribution < -0.4 is 0 Å². The van der Waals surface area contributed by atoms with Crippen LogP contribution in [0.15, 0.2) is 54.2 Å². The van der Waals surface area contributed by atoms with E-state index in [0.29, 0.717) is 12.5 Å². The van der Waals surface area contributed by atoms with Gasteiger partial charge in [0.05, 0.1) is 12.1 Å². The standard InChI is InChI=1S/C21H23N3OS/c1-16-4-6-17(7-5-16)21-22-18(15-26-21)14-20(25)24-12-8-19(9-13-24)23-10-2-3-11-23/h2-7,10-11,15,19H,8-9,12-14H2,1H3. The third-order valence-corrected chi connectivity index (χ3v) is 5.99. The summed E-state index contributed by atoms with van der Waals surface area (Å²) in [6.45, 7) is 3.74. The second-order valence-electron chi connectivity index (χ2n) is 6.93. The van der Waals surface area contributed by atoms with E-state index in [-0.39, 0.29) is 5.91 Å². The fraction of sp³-hybridized carbons (Fsp3) is 0.333. The lowest BCUT2D eigenvalue weighted by Crippen LogP contribution is -2.39. The highest BCUT2D eigenvalue weighted by atomic mass is 32.1. The summed E-state index contributed by atoms with van der Waals surface area (Å²) >= 11 is 1.61. The predicted octanol–water partition coefficient (Wildman–Crippen LogP) is 4.33. The van der Waals surface area contributed by atoms with Gasteiger partial charge in [-0.15, -0.1) is 11.3 Å². The molecular formula is C21H23N3OS. The van der Waals surface area contributed by atoms with Gasteiger partial charge >= 0.3 is 0 Å². The van der Waals surface area contributed by atoms with Crippen molar-refractivity contribution in [1.29, 1.82) is 0 Å². The SMILES string of the molecule is Cc1ccc(-c2nc(CC(=O)N3CCC(n4cccc4)CC3)cs2)cc1. The summed E-state index contributed by atoms with van der Waals surface area (Å²) in [5.74, 6) is 0.191. The number of nitrogens with zero attached hydrogens (tertiary/aromatic N) is 3. The molecule has 1 aliphatic heterocycles. The van der Waals surface area contributed by atoms with Crippen molar-refractivity contribution in [3.63, 3.8) is 0 Å². The molecule has 0 bridgehead atoms. The lowest BCUT2D eigenvalue weighted by Gasteiger charge is -2.32. The van der Waals surface area contributed by atoms with Crippen LogP contribution in [0.4, 0.5) is 0 Å². The highest BCUT2D eigenvalue weighted by Gasteiger charge is 2.23. The monoisotopic (exact) mass is 365 g/mol. The van der Waals surface area contributed by atoms with Gasteiger partial charge in [-0.3, -0.25) is 4.79 Å². The largest absolute Gasteiger partial charge is 0.351 e. The van der Waals surface area contributed by atoms with E-state index in [0.717, 1.165) is 42.2 Å². The molecule has 3 heterocycles. The first-order chi connectivity index (χ1) is 12.7. The Morgan fingerprint density at radius 2 is 1.85 bits per heavy atom. The van der Waals surface area contributed by atoms with Crippen LogP contribution in [0, 0.1) is 6.92 Å². The first-order valence-electron chi connectivity index (χ1n) is 9.11. The topological polar surface area (TPSA) is 38.1 Å². The number of likely N-dealkylation sites (tertiary alicyclic amines) is 1. The van der Waals surface area contributed by atoms with Gasteiger partial charge in [0.1, 0.15) is 5.01 Å². The van der Waals surface area contributed by atoms with Crippen molar-refractivity contribution in [2.24, 2.45) is 0 Å². The average molecular weight is 366 g/mol. The minimum absolute atomic E-state index is 0.191. The molecule has 0 aliphatic carbocycles. The molecule has 2 aromatic heterocycles. The fourth-order valence-electron chi connectivity index (χ4n) is 3.49. The molecule has 5 heteroatoms. The number of amides is 1. The number of thiazole rings is 1. The molecule has 0 N–H and O–H groups in total. The number of hydrogen-bond acceptors (Lipinski definition) is 3. The number of benzene rings is 1. The zero-order valence-electron chi connectivity index (χ0n) is 15.0. The van der Waals surface area contributed by atoms with Crippen LogP contribution in [-0.4, -0.2) is 33.4 Å². The van der Waals surface area contributed by atoms with Gasteiger partial charge in [0.25, 0.3) is 0 Å². The Balaban J connectivity index is 1.35. The van der Waals surface area contributed by atoms with Gasteiger partial charge in [0, 0.05) is 42.5 Å². The summed E-state index contributed by atoms with van der Waals surface area (Å²) in [4.78, 5) is 19.3. The van der Waals surface area contributed by atoms with Gasteiger partial charge in [-0.2, -0.15) is 0 Å². The smallest absolute Gasteiger partial charge is 0.228 e. The summed E-state index contributed by atoms with van der Waals surface area (Å²) in [5, 5.41) is 3.00. The minimum atomic E-state index is 0.191. The van der Waals surface area contributed by atoms with E-state index in [1.165, 1.54) is 5.56 Å². The Hall–Kier alpha value is -2.40. The molecule has 0 unspecified atom stereocenters. The Bertz CT molecular complexity index is 859. The molecule has 1 fully saturated rings. The van der Waals surface area contributed by atoms with Crippen molar-refractivity contribution >= 4 is 17.2 Å². The lowest BCUT2D eigenvalue weighted by atomic mass is 10.0. The van der Waals surface area contributed by atoms with Crippen molar-refractivity contribution < 1.29 is 4.79 Å². The van der Waals surface area contributed by atoms with Crippen LogP contribution in [0.2, 0.25) is 0 Å². The number of carbonyl (C=O) groups excluding carboxylic acids is 1. The maximum absolute atomic E-state index is 12.6. The van der Waals surface area contributed by atoms with E-state index in [9.17, 15) is 4.79 Å². The van der Waals surface area contributed by atoms with Crippen LogP contribution in [-0.2, 0) is 11.2 Å². The van der Waals surface area contributed by atoms with Gasteiger partial charge in [0.2, 0.25) is 5.91 Å². The molecule has 1 aliphatic rings. The number of rotatable bonds is 4. The van der Waals surface area contributed by atoms with E-state index < -0.39 is 0 Å². The highest BCUT2D eigenvalue weighted by Crippen LogP contribution is 2.26. The third-order valence-electron chi connectivity index (χ3n) is 5.05. The second kappa shape index (κ2) is 7.46. The van der Waals surface area contributed by atoms with Crippen LogP contribution in [0.25, 0.3) is 10.6 Å².